The van der Waals surface area contributed by atoms with Crippen molar-refractivity contribution < 1.29 is 19.1 Å². The molecule has 0 radical (unpaired) electrons. The Bertz CT molecular complexity index is 932. The molecule has 0 unspecified atom stereocenters. The number of carbonyl (C=O) groups excluding carboxylic acids is 1. The first-order chi connectivity index (χ1) is 14.2. The van der Waals surface area contributed by atoms with E-state index in [0.29, 0.717) is 32.0 Å². The van der Waals surface area contributed by atoms with Crippen molar-refractivity contribution in [2.24, 2.45) is 5.92 Å². The minimum atomic E-state index is -1.00. The Balaban J connectivity index is 1.76. The van der Waals surface area contributed by atoms with E-state index in [1.54, 1.807) is 37.1 Å². The number of amides is 2. The molecule has 2 aromatic rings. The Morgan fingerprint density at radius 3 is 2.73 bits per heavy atom. The van der Waals surface area contributed by atoms with E-state index in [1.165, 1.54) is 29.2 Å². The lowest BCUT2D eigenvalue weighted by Gasteiger charge is -2.26. The van der Waals surface area contributed by atoms with Gasteiger partial charge in [0.1, 0.15) is 10.6 Å². The molecule has 1 saturated carbocycles. The van der Waals surface area contributed by atoms with E-state index in [2.05, 4.69) is 26.2 Å². The van der Waals surface area contributed by atoms with Crippen LogP contribution in [0, 0.1) is 11.7 Å². The molecule has 0 saturated heterocycles. The molecular weight excluding hydrogens is 493 g/mol. The van der Waals surface area contributed by atoms with Crippen LogP contribution in [0.25, 0.3) is 0 Å². The quantitative estimate of drug-likeness (QED) is 0.427. The van der Waals surface area contributed by atoms with Crippen molar-refractivity contribution in [3.8, 4) is 0 Å². The van der Waals surface area contributed by atoms with Crippen molar-refractivity contribution >= 4 is 61.8 Å². The molecule has 0 atom stereocenters. The van der Waals surface area contributed by atoms with Gasteiger partial charge >= 0.3 is 12.0 Å². The van der Waals surface area contributed by atoms with Crippen LogP contribution in [0.5, 0.6) is 0 Å². The Hall–Kier alpha value is -1.65. The first-order valence-electron chi connectivity index (χ1n) is 9.57. The molecule has 10 heteroatoms. The molecule has 2 amide bonds. The number of rotatable bonds is 7. The molecule has 1 aliphatic carbocycles. The zero-order chi connectivity index (χ0) is 21.9. The molecule has 1 fully saturated rings. The molecule has 1 aliphatic rings. The number of thiazole rings is 1. The normalized spacial score (nSPS) is 14.7. The number of nitrogens with zero attached hydrogens (tertiary/aromatic N) is 2. The number of hydrogen-bond acceptors (Lipinski definition) is 5. The van der Waals surface area contributed by atoms with E-state index in [-0.39, 0.29) is 6.03 Å². The number of carboxylic acids is 1. The molecule has 6 nitrogen and oxygen atoms in total. The minimum Gasteiger partial charge on any atom is -0.480 e. The minimum absolute atomic E-state index is 0.343. The first-order valence-corrected chi connectivity index (χ1v) is 12.0. The molecule has 3 rings (SSSR count). The number of hydrogen-bond donors (Lipinski definition) is 2. The van der Waals surface area contributed by atoms with Crippen LogP contribution >= 0.6 is 39.0 Å². The van der Waals surface area contributed by atoms with Crippen LogP contribution in [0.15, 0.2) is 33.1 Å². The molecule has 0 spiro atoms. The maximum Gasteiger partial charge on any atom is 0.328 e. The highest BCUT2D eigenvalue weighted by Crippen LogP contribution is 2.38. The number of carboxylic acid groups (broad SMARTS) is 1. The van der Waals surface area contributed by atoms with Crippen molar-refractivity contribution in [2.75, 3.05) is 16.8 Å². The van der Waals surface area contributed by atoms with Gasteiger partial charge in [-0.3, -0.25) is 15.0 Å². The number of nitrogens with one attached hydrogen (secondary N) is 1. The van der Waals surface area contributed by atoms with E-state index >= 15 is 0 Å². The fourth-order valence-electron chi connectivity index (χ4n) is 3.23. The summed E-state index contributed by atoms with van der Waals surface area (Å²) in [5.41, 5.74) is 0.485. The fraction of sp³-hybridized carbons (Fsp3) is 0.450. The Morgan fingerprint density at radius 2 is 2.10 bits per heavy atom. The highest BCUT2D eigenvalue weighted by atomic mass is 79.9. The fourth-order valence-corrected chi connectivity index (χ4v) is 5.74. The van der Waals surface area contributed by atoms with Crippen LogP contribution in [-0.4, -0.2) is 33.4 Å². The van der Waals surface area contributed by atoms with E-state index in [1.807, 2.05) is 0 Å². The van der Waals surface area contributed by atoms with Crippen molar-refractivity contribution in [1.29, 1.82) is 0 Å². The van der Waals surface area contributed by atoms with Gasteiger partial charge in [-0.25, -0.2) is 14.2 Å². The van der Waals surface area contributed by atoms with Gasteiger partial charge in [-0.1, -0.05) is 35.9 Å². The summed E-state index contributed by atoms with van der Waals surface area (Å²) < 4.78 is 14.1. The molecule has 1 heterocycles. The number of carbonyl (C=O) groups is 2. The van der Waals surface area contributed by atoms with Crippen molar-refractivity contribution in [1.82, 2.24) is 4.98 Å². The smallest absolute Gasteiger partial charge is 0.328 e. The second-order valence-corrected chi connectivity index (χ2v) is 11.5. The summed E-state index contributed by atoms with van der Waals surface area (Å²) in [7, 11) is 0. The van der Waals surface area contributed by atoms with Crippen LogP contribution in [0.3, 0.4) is 0 Å². The second kappa shape index (κ2) is 9.65. The third-order valence-corrected chi connectivity index (χ3v) is 7.79. The number of anilines is 2. The van der Waals surface area contributed by atoms with Crippen molar-refractivity contribution in [3.63, 3.8) is 0 Å². The monoisotopic (exact) mass is 515 g/mol. The van der Waals surface area contributed by atoms with E-state index < -0.39 is 16.5 Å². The standard InChI is InChI=1S/C20H23BrFN3O3S2/c1-20(2,17(26)27)30-16-10-23-18(29-16)24-19(28)25(11-12-5-3-4-6-12)13-7-8-14(21)15(22)9-13/h7-10,12H,3-6,11H2,1-2H3,(H,26,27)(H,23,24,28). The highest BCUT2D eigenvalue weighted by Gasteiger charge is 2.30. The Labute approximate surface area is 191 Å². The number of urea groups is 1. The average molecular weight is 516 g/mol. The summed E-state index contributed by atoms with van der Waals surface area (Å²) in [6.45, 7) is 3.73. The van der Waals surface area contributed by atoms with Crippen molar-refractivity contribution in [2.45, 2.75) is 48.5 Å². The molecular formula is C20H23BrFN3O3S2. The molecule has 0 bridgehead atoms. The van der Waals surface area contributed by atoms with Crippen LogP contribution in [0.1, 0.15) is 39.5 Å². The first kappa shape index (κ1) is 23.0. The number of aliphatic carboxylic acids is 1. The summed E-state index contributed by atoms with van der Waals surface area (Å²) in [6, 6.07) is 4.26. The van der Waals surface area contributed by atoms with E-state index in [9.17, 15) is 19.1 Å². The van der Waals surface area contributed by atoms with Crippen molar-refractivity contribution in [3.05, 3.63) is 34.7 Å². The maximum absolute atomic E-state index is 14.1. The summed E-state index contributed by atoms with van der Waals surface area (Å²) in [5.74, 6) is -0.978. The van der Waals surface area contributed by atoms with Crippen LogP contribution in [0.2, 0.25) is 0 Å². The molecule has 30 heavy (non-hydrogen) atoms. The third kappa shape index (κ3) is 5.73. The summed E-state index contributed by atoms with van der Waals surface area (Å²) in [5, 5.41) is 12.4. The van der Waals surface area contributed by atoms with Gasteiger partial charge in [0.15, 0.2) is 5.13 Å². The highest BCUT2D eigenvalue weighted by molar-refractivity contribution is 9.10. The van der Waals surface area contributed by atoms with Crippen LogP contribution in [-0.2, 0) is 4.79 Å². The number of aromatic nitrogens is 1. The number of halogens is 2. The number of thioether (sulfide) groups is 1. The van der Waals surface area contributed by atoms with E-state index in [0.717, 1.165) is 25.7 Å². The SMILES string of the molecule is CC(C)(Sc1cnc(NC(=O)N(CC2CCCC2)c2ccc(Br)c(F)c2)s1)C(=O)O. The van der Waals surface area contributed by atoms with Gasteiger partial charge in [-0.15, -0.1) is 0 Å². The molecule has 1 aromatic heterocycles. The zero-order valence-corrected chi connectivity index (χ0v) is 19.9. The lowest BCUT2D eigenvalue weighted by molar-refractivity contribution is -0.138. The lowest BCUT2D eigenvalue weighted by Crippen LogP contribution is -2.38. The summed E-state index contributed by atoms with van der Waals surface area (Å²) >= 11 is 5.54. The third-order valence-electron chi connectivity index (χ3n) is 4.94. The van der Waals surface area contributed by atoms with Gasteiger partial charge in [-0.2, -0.15) is 0 Å². The van der Waals surface area contributed by atoms with Crippen LogP contribution in [0.4, 0.5) is 20.0 Å². The average Bonchev–Trinajstić information content (AvgIpc) is 3.33. The summed E-state index contributed by atoms with van der Waals surface area (Å²) in [6.07, 6.45) is 5.93. The van der Waals surface area contributed by atoms with Gasteiger partial charge in [0.2, 0.25) is 0 Å². The lowest BCUT2D eigenvalue weighted by atomic mass is 10.1. The van der Waals surface area contributed by atoms with E-state index in [4.69, 9.17) is 0 Å². The second-order valence-electron chi connectivity index (χ2n) is 7.69. The van der Waals surface area contributed by atoms with Gasteiger partial charge in [0.25, 0.3) is 0 Å². The van der Waals surface area contributed by atoms with Gasteiger partial charge < -0.3 is 5.11 Å². The predicted molar refractivity (Wildman–Crippen MR) is 122 cm³/mol. The van der Waals surface area contributed by atoms with Crippen LogP contribution < -0.4 is 10.2 Å². The topological polar surface area (TPSA) is 82.5 Å². The molecule has 0 aliphatic heterocycles. The largest absolute Gasteiger partial charge is 0.480 e. The number of benzene rings is 1. The maximum atomic E-state index is 14.1. The van der Waals surface area contributed by atoms with Gasteiger partial charge in [0.05, 0.1) is 14.9 Å². The molecule has 1 aromatic carbocycles. The molecule has 162 valence electrons. The summed E-state index contributed by atoms with van der Waals surface area (Å²) in [4.78, 5) is 30.1. The van der Waals surface area contributed by atoms with Gasteiger partial charge in [-0.05, 0) is 66.7 Å². The molecule has 2 N–H and O–H groups in total. The Morgan fingerprint density at radius 1 is 1.40 bits per heavy atom. The predicted octanol–water partition coefficient (Wildman–Crippen LogP) is 6.23. The Kier molecular flexibility index (Phi) is 7.41. The zero-order valence-electron chi connectivity index (χ0n) is 16.7. The van der Waals surface area contributed by atoms with Gasteiger partial charge in [0, 0.05) is 12.2 Å².